The van der Waals surface area contributed by atoms with Gasteiger partial charge in [-0.15, -0.1) is 0 Å². The van der Waals surface area contributed by atoms with Crippen LogP contribution in [0, 0.1) is 11.6 Å². The van der Waals surface area contributed by atoms with E-state index < -0.39 is 30.1 Å². The molecule has 0 radical (unpaired) electrons. The Labute approximate surface area is 136 Å². The van der Waals surface area contributed by atoms with Gasteiger partial charge >= 0.3 is 5.97 Å². The Balaban J connectivity index is 1.84. The molecule has 0 saturated carbocycles. The maximum Gasteiger partial charge on any atom is 0.338 e. The van der Waals surface area contributed by atoms with Gasteiger partial charge in [0, 0.05) is 17.6 Å². The van der Waals surface area contributed by atoms with Gasteiger partial charge in [0.1, 0.15) is 11.6 Å². The van der Waals surface area contributed by atoms with Crippen molar-refractivity contribution in [1.29, 1.82) is 0 Å². The standard InChI is InChI=1S/C16H12ClF2NO3/c17-14-4-2-1-3-10(14)8-20-15(21)9-23-16(22)11-5-12(18)7-13(19)6-11/h1-7H,8-9H2,(H,20,21). The lowest BCUT2D eigenvalue weighted by molar-refractivity contribution is -0.124. The number of ether oxygens (including phenoxy) is 1. The van der Waals surface area contributed by atoms with E-state index in [-0.39, 0.29) is 12.1 Å². The van der Waals surface area contributed by atoms with Crippen LogP contribution in [0.15, 0.2) is 42.5 Å². The summed E-state index contributed by atoms with van der Waals surface area (Å²) >= 11 is 5.94. The molecular formula is C16H12ClF2NO3. The molecule has 0 aliphatic rings. The number of esters is 1. The molecule has 1 N–H and O–H groups in total. The monoisotopic (exact) mass is 339 g/mol. The first-order valence-electron chi connectivity index (χ1n) is 6.59. The molecule has 0 aliphatic heterocycles. The van der Waals surface area contributed by atoms with Crippen molar-refractivity contribution in [2.75, 3.05) is 6.61 Å². The van der Waals surface area contributed by atoms with E-state index in [1.165, 1.54) is 0 Å². The molecule has 1 amide bonds. The number of rotatable bonds is 5. The van der Waals surface area contributed by atoms with Gasteiger partial charge in [0.25, 0.3) is 5.91 Å². The molecule has 0 unspecified atom stereocenters. The van der Waals surface area contributed by atoms with Gasteiger partial charge in [-0.2, -0.15) is 0 Å². The molecule has 0 atom stereocenters. The molecule has 2 aromatic carbocycles. The molecular weight excluding hydrogens is 328 g/mol. The molecule has 7 heteroatoms. The molecule has 0 heterocycles. The van der Waals surface area contributed by atoms with E-state index in [0.717, 1.165) is 12.1 Å². The summed E-state index contributed by atoms with van der Waals surface area (Å²) in [6, 6.07) is 9.23. The largest absolute Gasteiger partial charge is 0.452 e. The highest BCUT2D eigenvalue weighted by atomic mass is 35.5. The van der Waals surface area contributed by atoms with Crippen LogP contribution in [-0.2, 0) is 16.1 Å². The maximum absolute atomic E-state index is 13.0. The summed E-state index contributed by atoms with van der Waals surface area (Å²) in [6.07, 6.45) is 0. The second kappa shape index (κ2) is 7.69. The van der Waals surface area contributed by atoms with Crippen molar-refractivity contribution in [2.24, 2.45) is 0 Å². The molecule has 120 valence electrons. The zero-order valence-electron chi connectivity index (χ0n) is 11.8. The van der Waals surface area contributed by atoms with E-state index in [1.807, 2.05) is 0 Å². The smallest absolute Gasteiger partial charge is 0.338 e. The van der Waals surface area contributed by atoms with Crippen LogP contribution >= 0.6 is 11.6 Å². The van der Waals surface area contributed by atoms with Crippen LogP contribution in [-0.4, -0.2) is 18.5 Å². The van der Waals surface area contributed by atoms with Gasteiger partial charge < -0.3 is 10.1 Å². The first-order chi connectivity index (χ1) is 11.0. The third-order valence-corrected chi connectivity index (χ3v) is 3.24. The number of halogens is 3. The summed E-state index contributed by atoms with van der Waals surface area (Å²) in [6.45, 7) is -0.397. The van der Waals surface area contributed by atoms with Gasteiger partial charge in [-0.1, -0.05) is 29.8 Å². The summed E-state index contributed by atoms with van der Waals surface area (Å²) in [4.78, 5) is 23.2. The normalized spacial score (nSPS) is 10.2. The first kappa shape index (κ1) is 16.9. The fourth-order valence-corrected chi connectivity index (χ4v) is 1.98. The Morgan fingerprint density at radius 2 is 1.74 bits per heavy atom. The number of carbonyl (C=O) groups is 2. The Kier molecular flexibility index (Phi) is 5.65. The summed E-state index contributed by atoms with van der Waals surface area (Å²) in [5, 5.41) is 3.02. The van der Waals surface area contributed by atoms with E-state index >= 15 is 0 Å². The van der Waals surface area contributed by atoms with Gasteiger partial charge in [0.05, 0.1) is 5.56 Å². The minimum Gasteiger partial charge on any atom is -0.452 e. The van der Waals surface area contributed by atoms with E-state index in [1.54, 1.807) is 24.3 Å². The Bertz CT molecular complexity index is 717. The van der Waals surface area contributed by atoms with Gasteiger partial charge in [0.15, 0.2) is 6.61 Å². The average Bonchev–Trinajstić information content (AvgIpc) is 2.51. The van der Waals surface area contributed by atoms with Crippen molar-refractivity contribution in [3.8, 4) is 0 Å². The SMILES string of the molecule is O=C(COC(=O)c1cc(F)cc(F)c1)NCc1ccccc1Cl. The minimum absolute atomic E-state index is 0.171. The Morgan fingerprint density at radius 3 is 2.39 bits per heavy atom. The molecule has 2 aromatic rings. The second-order valence-electron chi connectivity index (χ2n) is 4.60. The van der Waals surface area contributed by atoms with E-state index in [9.17, 15) is 18.4 Å². The van der Waals surface area contributed by atoms with Gasteiger partial charge in [-0.25, -0.2) is 13.6 Å². The van der Waals surface area contributed by atoms with Crippen LogP contribution < -0.4 is 5.32 Å². The summed E-state index contributed by atoms with van der Waals surface area (Å²) in [5.74, 6) is -3.35. The Hall–Kier alpha value is -2.47. The van der Waals surface area contributed by atoms with Crippen LogP contribution in [0.1, 0.15) is 15.9 Å². The van der Waals surface area contributed by atoms with Crippen LogP contribution in [0.3, 0.4) is 0 Å². The highest BCUT2D eigenvalue weighted by Crippen LogP contribution is 2.14. The lowest BCUT2D eigenvalue weighted by Crippen LogP contribution is -2.28. The topological polar surface area (TPSA) is 55.4 Å². The molecule has 0 spiro atoms. The molecule has 23 heavy (non-hydrogen) atoms. The third kappa shape index (κ3) is 5.03. The molecule has 0 aliphatic carbocycles. The Morgan fingerprint density at radius 1 is 1.09 bits per heavy atom. The van der Waals surface area contributed by atoms with E-state index in [2.05, 4.69) is 5.32 Å². The van der Waals surface area contributed by atoms with Crippen molar-refractivity contribution in [1.82, 2.24) is 5.32 Å². The zero-order chi connectivity index (χ0) is 16.8. The van der Waals surface area contributed by atoms with Crippen molar-refractivity contribution in [3.63, 3.8) is 0 Å². The number of benzene rings is 2. The lowest BCUT2D eigenvalue weighted by atomic mass is 10.2. The third-order valence-electron chi connectivity index (χ3n) is 2.87. The average molecular weight is 340 g/mol. The van der Waals surface area contributed by atoms with Crippen LogP contribution in [0.25, 0.3) is 0 Å². The number of amides is 1. The quantitative estimate of drug-likeness (QED) is 0.852. The maximum atomic E-state index is 13.0. The van der Waals surface area contributed by atoms with Gasteiger partial charge in [-0.05, 0) is 23.8 Å². The first-order valence-corrected chi connectivity index (χ1v) is 6.97. The predicted octanol–water partition coefficient (Wildman–Crippen LogP) is 3.09. The highest BCUT2D eigenvalue weighted by molar-refractivity contribution is 6.31. The fraction of sp³-hybridized carbons (Fsp3) is 0.125. The molecule has 0 aromatic heterocycles. The van der Waals surface area contributed by atoms with Crippen molar-refractivity contribution in [3.05, 3.63) is 70.2 Å². The molecule has 0 saturated heterocycles. The second-order valence-corrected chi connectivity index (χ2v) is 5.01. The molecule has 0 bridgehead atoms. The highest BCUT2D eigenvalue weighted by Gasteiger charge is 2.13. The van der Waals surface area contributed by atoms with Crippen LogP contribution in [0.4, 0.5) is 8.78 Å². The van der Waals surface area contributed by atoms with Crippen LogP contribution in [0.5, 0.6) is 0 Å². The van der Waals surface area contributed by atoms with Gasteiger partial charge in [-0.3, -0.25) is 4.79 Å². The summed E-state index contributed by atoms with van der Waals surface area (Å²) in [7, 11) is 0. The van der Waals surface area contributed by atoms with Crippen LogP contribution in [0.2, 0.25) is 5.02 Å². The fourth-order valence-electron chi connectivity index (χ4n) is 1.77. The number of hydrogen-bond donors (Lipinski definition) is 1. The zero-order valence-corrected chi connectivity index (χ0v) is 12.6. The van der Waals surface area contributed by atoms with Crippen molar-refractivity contribution >= 4 is 23.5 Å². The van der Waals surface area contributed by atoms with Crippen molar-refractivity contribution < 1.29 is 23.1 Å². The molecule has 0 fully saturated rings. The van der Waals surface area contributed by atoms with E-state index in [0.29, 0.717) is 16.7 Å². The number of carbonyl (C=O) groups excluding carboxylic acids is 2. The predicted molar refractivity (Wildman–Crippen MR) is 79.9 cm³/mol. The number of hydrogen-bond acceptors (Lipinski definition) is 3. The summed E-state index contributed by atoms with van der Waals surface area (Å²) < 4.78 is 30.7. The molecule has 2 rings (SSSR count). The number of nitrogens with one attached hydrogen (secondary N) is 1. The van der Waals surface area contributed by atoms with Crippen molar-refractivity contribution in [2.45, 2.75) is 6.54 Å². The minimum atomic E-state index is -0.990. The van der Waals surface area contributed by atoms with E-state index in [4.69, 9.17) is 16.3 Å². The summed E-state index contributed by atoms with van der Waals surface area (Å²) in [5.41, 5.74) is 0.405. The molecule has 4 nitrogen and oxygen atoms in total. The lowest BCUT2D eigenvalue weighted by Gasteiger charge is -2.08. The van der Waals surface area contributed by atoms with Gasteiger partial charge in [0.2, 0.25) is 0 Å².